The molecule has 1 saturated carbocycles. The fraction of sp³-hybridized carbons (Fsp3) is 0.333. The van der Waals surface area contributed by atoms with Gasteiger partial charge in [0.05, 0.1) is 27.2 Å². The topological polar surface area (TPSA) is 93.3 Å². The van der Waals surface area contributed by atoms with Gasteiger partial charge in [0, 0.05) is 17.7 Å². The molecule has 2 aliphatic rings. The molecule has 0 saturated heterocycles. The molecule has 1 unspecified atom stereocenters. The molecule has 2 aromatic heterocycles. The monoisotopic (exact) mass is 423 g/mol. The predicted molar refractivity (Wildman–Crippen MR) is 105 cm³/mol. The zero-order valence-corrected chi connectivity index (χ0v) is 16.3. The summed E-state index contributed by atoms with van der Waals surface area (Å²) in [5, 5.41) is 3.25. The molecule has 2 aromatic rings. The van der Waals surface area contributed by atoms with Crippen LogP contribution in [-0.4, -0.2) is 32.5 Å². The number of carbonyl (C=O) groups excluding carboxylic acids is 1. The van der Waals surface area contributed by atoms with Gasteiger partial charge in [-0.05, 0) is 31.5 Å². The Morgan fingerprint density at radius 2 is 2.21 bits per heavy atom. The van der Waals surface area contributed by atoms with E-state index in [1.54, 1.807) is 13.0 Å². The lowest BCUT2D eigenvalue weighted by Gasteiger charge is -2.33. The summed E-state index contributed by atoms with van der Waals surface area (Å²) < 4.78 is 27.5. The fourth-order valence-corrected chi connectivity index (χ4v) is 5.09. The number of nitrogens with zero attached hydrogens (tertiary/aromatic N) is 3. The molecule has 0 radical (unpaired) electrons. The summed E-state index contributed by atoms with van der Waals surface area (Å²) in [5.74, 6) is -1.43. The maximum absolute atomic E-state index is 14.6. The van der Waals surface area contributed by atoms with Crippen molar-refractivity contribution in [3.63, 3.8) is 0 Å². The molecule has 10 heteroatoms. The van der Waals surface area contributed by atoms with Gasteiger partial charge in [-0.2, -0.15) is 4.39 Å². The number of nitrogens with two attached hydrogens (primary N) is 1. The zero-order chi connectivity index (χ0) is 20.1. The van der Waals surface area contributed by atoms with Crippen LogP contribution in [-0.2, 0) is 5.54 Å². The summed E-state index contributed by atoms with van der Waals surface area (Å²) >= 11 is 6.97. The Bertz CT molecular complexity index is 988. The number of hydrogen-bond acceptors (Lipinski definition) is 6. The Morgan fingerprint density at radius 3 is 2.89 bits per heavy atom. The van der Waals surface area contributed by atoms with E-state index in [-0.39, 0.29) is 28.0 Å². The summed E-state index contributed by atoms with van der Waals surface area (Å²) in [6.45, 7) is 1.15. The number of anilines is 1. The van der Waals surface area contributed by atoms with Gasteiger partial charge in [0.15, 0.2) is 5.17 Å². The minimum Gasteiger partial charge on any atom is -0.378 e. The first kappa shape index (κ1) is 19.1. The van der Waals surface area contributed by atoms with Crippen LogP contribution in [0.15, 0.2) is 35.6 Å². The third-order valence-electron chi connectivity index (χ3n) is 5.18. The average Bonchev–Trinajstić information content (AvgIpc) is 3.39. The SMILES string of the molecule is C[C@]1(c2cc(NC(=O)c3ccc(Cl)cn3)cnc2F)N=C(N)S[C@@]2(CF)CC21. The number of amidine groups is 1. The average molecular weight is 424 g/mol. The first-order valence-electron chi connectivity index (χ1n) is 8.47. The Kier molecular flexibility index (Phi) is 4.54. The molecule has 1 aliphatic carbocycles. The van der Waals surface area contributed by atoms with Gasteiger partial charge in [0.25, 0.3) is 5.91 Å². The van der Waals surface area contributed by atoms with E-state index in [0.717, 1.165) is 0 Å². The van der Waals surface area contributed by atoms with Crippen molar-refractivity contribution in [3.8, 4) is 0 Å². The number of nitrogens with one attached hydrogen (secondary N) is 1. The number of rotatable bonds is 4. The number of fused-ring (bicyclic) bond motifs is 1. The number of alkyl halides is 1. The molecule has 3 N–H and O–H groups in total. The van der Waals surface area contributed by atoms with Crippen molar-refractivity contribution in [2.45, 2.75) is 23.6 Å². The van der Waals surface area contributed by atoms with Crippen LogP contribution in [0.4, 0.5) is 14.5 Å². The van der Waals surface area contributed by atoms with E-state index in [0.29, 0.717) is 11.4 Å². The maximum Gasteiger partial charge on any atom is 0.274 e. The first-order valence-corrected chi connectivity index (χ1v) is 9.66. The molecule has 1 amide bonds. The van der Waals surface area contributed by atoms with Gasteiger partial charge in [0.2, 0.25) is 5.95 Å². The number of aliphatic imine (C=N–C) groups is 1. The number of amides is 1. The molecular weight excluding hydrogens is 408 g/mol. The molecule has 4 rings (SSSR count). The first-order chi connectivity index (χ1) is 13.3. The summed E-state index contributed by atoms with van der Waals surface area (Å²) in [5.41, 5.74) is 5.43. The molecule has 0 bridgehead atoms. The van der Waals surface area contributed by atoms with Crippen molar-refractivity contribution in [1.82, 2.24) is 9.97 Å². The molecular formula is C18H16ClF2N5OS. The number of aromatic nitrogens is 2. The highest BCUT2D eigenvalue weighted by Crippen LogP contribution is 2.66. The van der Waals surface area contributed by atoms with Crippen LogP contribution >= 0.6 is 23.4 Å². The van der Waals surface area contributed by atoms with Gasteiger partial charge in [-0.25, -0.2) is 14.4 Å². The van der Waals surface area contributed by atoms with Crippen molar-refractivity contribution in [2.75, 3.05) is 12.0 Å². The lowest BCUT2D eigenvalue weighted by Crippen LogP contribution is -2.37. The Labute approximate surface area is 169 Å². The predicted octanol–water partition coefficient (Wildman–Crippen LogP) is 3.53. The highest BCUT2D eigenvalue weighted by molar-refractivity contribution is 8.15. The molecule has 0 aromatic carbocycles. The van der Waals surface area contributed by atoms with Gasteiger partial charge in [-0.3, -0.25) is 9.79 Å². The van der Waals surface area contributed by atoms with Crippen molar-refractivity contribution in [2.24, 2.45) is 16.6 Å². The lowest BCUT2D eigenvalue weighted by molar-refractivity contribution is 0.102. The zero-order valence-electron chi connectivity index (χ0n) is 14.7. The van der Waals surface area contributed by atoms with Gasteiger partial charge in [-0.1, -0.05) is 23.4 Å². The van der Waals surface area contributed by atoms with E-state index in [9.17, 15) is 13.6 Å². The summed E-state index contributed by atoms with van der Waals surface area (Å²) in [6, 6.07) is 4.48. The standard InChI is InChI=1S/C18H16ClF2N5OS/c1-17(13-5-18(13,8-20)28-16(22)26-17)11-4-10(7-24-14(11)21)25-15(27)12-3-2-9(19)6-23-12/h2-4,6-7,13H,5,8H2,1H3,(H2,22,26)(H,25,27)/t13?,17-,18-/m1/s1. The Hall–Kier alpha value is -2.26. The normalized spacial score (nSPS) is 28.3. The minimum absolute atomic E-state index is 0.149. The van der Waals surface area contributed by atoms with Crippen molar-refractivity contribution in [3.05, 3.63) is 52.8 Å². The van der Waals surface area contributed by atoms with Crippen molar-refractivity contribution < 1.29 is 13.6 Å². The molecule has 3 heterocycles. The van der Waals surface area contributed by atoms with Crippen LogP contribution in [0.2, 0.25) is 5.02 Å². The largest absolute Gasteiger partial charge is 0.378 e. The lowest BCUT2D eigenvalue weighted by atomic mass is 9.86. The smallest absolute Gasteiger partial charge is 0.274 e. The Morgan fingerprint density at radius 1 is 1.43 bits per heavy atom. The summed E-state index contributed by atoms with van der Waals surface area (Å²) in [6.07, 6.45) is 3.10. The Balaban J connectivity index is 1.65. The van der Waals surface area contributed by atoms with Crippen LogP contribution in [0.5, 0.6) is 0 Å². The van der Waals surface area contributed by atoms with Crippen LogP contribution < -0.4 is 11.1 Å². The van der Waals surface area contributed by atoms with E-state index >= 15 is 0 Å². The number of halogens is 3. The third kappa shape index (κ3) is 3.12. The summed E-state index contributed by atoms with van der Waals surface area (Å²) in [7, 11) is 0. The van der Waals surface area contributed by atoms with Crippen LogP contribution in [0.1, 0.15) is 29.4 Å². The van der Waals surface area contributed by atoms with E-state index in [1.807, 2.05) is 0 Å². The third-order valence-corrected chi connectivity index (χ3v) is 6.67. The maximum atomic E-state index is 14.6. The number of carbonyl (C=O) groups is 1. The van der Waals surface area contributed by atoms with Gasteiger partial charge < -0.3 is 11.1 Å². The number of hydrogen-bond donors (Lipinski definition) is 2. The molecule has 3 atom stereocenters. The second-order valence-corrected chi connectivity index (χ2v) is 8.90. The van der Waals surface area contributed by atoms with E-state index in [1.165, 1.54) is 36.3 Å². The molecule has 0 spiro atoms. The van der Waals surface area contributed by atoms with E-state index in [4.69, 9.17) is 17.3 Å². The highest BCUT2D eigenvalue weighted by atomic mass is 35.5. The van der Waals surface area contributed by atoms with E-state index < -0.39 is 28.8 Å². The van der Waals surface area contributed by atoms with Crippen molar-refractivity contribution >= 4 is 40.1 Å². The molecule has 1 aliphatic heterocycles. The molecule has 146 valence electrons. The second-order valence-electron chi connectivity index (χ2n) is 7.03. The van der Waals surface area contributed by atoms with Gasteiger partial charge in [0.1, 0.15) is 12.4 Å². The van der Waals surface area contributed by atoms with Gasteiger partial charge >= 0.3 is 0 Å². The van der Waals surface area contributed by atoms with Gasteiger partial charge in [-0.15, -0.1) is 0 Å². The molecule has 1 fully saturated rings. The highest BCUT2D eigenvalue weighted by Gasteiger charge is 2.66. The molecule has 6 nitrogen and oxygen atoms in total. The molecule has 28 heavy (non-hydrogen) atoms. The van der Waals surface area contributed by atoms with Crippen LogP contribution in [0, 0.1) is 11.9 Å². The number of pyridine rings is 2. The summed E-state index contributed by atoms with van der Waals surface area (Å²) in [4.78, 5) is 24.5. The van der Waals surface area contributed by atoms with Crippen molar-refractivity contribution in [1.29, 1.82) is 0 Å². The second kappa shape index (κ2) is 6.66. The number of thioether (sulfide) groups is 1. The van der Waals surface area contributed by atoms with E-state index in [2.05, 4.69) is 20.3 Å². The minimum atomic E-state index is -1.06. The van der Waals surface area contributed by atoms with Crippen LogP contribution in [0.3, 0.4) is 0 Å². The quantitative estimate of drug-likeness (QED) is 0.734. The van der Waals surface area contributed by atoms with Crippen LogP contribution in [0.25, 0.3) is 0 Å². The fourth-order valence-electron chi connectivity index (χ4n) is 3.65.